The number of fused-ring (bicyclic) bond motifs is 7. The van der Waals surface area contributed by atoms with Crippen molar-refractivity contribution in [3.8, 4) is 22.3 Å². The van der Waals surface area contributed by atoms with Gasteiger partial charge in [0.05, 0.1) is 16.4 Å². The molecule has 2 nitrogen and oxygen atoms in total. The summed E-state index contributed by atoms with van der Waals surface area (Å²) in [6.07, 6.45) is 0. The molecule has 0 bridgehead atoms. The highest BCUT2D eigenvalue weighted by molar-refractivity contribution is 7.26. The van der Waals surface area contributed by atoms with Crippen LogP contribution in [0.5, 0.6) is 0 Å². The molecule has 5 heteroatoms. The van der Waals surface area contributed by atoms with Gasteiger partial charge in [0.1, 0.15) is 0 Å². The van der Waals surface area contributed by atoms with Gasteiger partial charge in [0.15, 0.2) is 0 Å². The monoisotopic (exact) mass is 894 g/mol. The van der Waals surface area contributed by atoms with Crippen LogP contribution >= 0.6 is 22.7 Å². The summed E-state index contributed by atoms with van der Waals surface area (Å²) in [5.41, 5.74) is 23.4. The number of anilines is 6. The Labute approximate surface area is 400 Å². The second kappa shape index (κ2) is 15.1. The largest absolute Gasteiger partial charge is 0.311 e. The summed E-state index contributed by atoms with van der Waals surface area (Å²) in [5, 5.41) is 6.36. The number of benzene rings is 7. The second-order valence-electron chi connectivity index (χ2n) is 22.0. The number of hydrogen-bond donors (Lipinski definition) is 0. The first kappa shape index (κ1) is 42.7. The third-order valence-corrected chi connectivity index (χ3v) is 16.5. The first-order valence-corrected chi connectivity index (χ1v) is 25.3. The fourth-order valence-corrected chi connectivity index (χ4v) is 13.1. The van der Waals surface area contributed by atoms with E-state index in [1.807, 2.05) is 22.7 Å². The normalized spacial score (nSPS) is 13.7. The lowest BCUT2D eigenvalue weighted by Gasteiger charge is -2.44. The molecule has 0 radical (unpaired) electrons. The Bertz CT molecular complexity index is 3400. The predicted molar refractivity (Wildman–Crippen MR) is 292 cm³/mol. The molecular formula is C61H59BN2S2. The number of hydrogen-bond acceptors (Lipinski definition) is 4. The van der Waals surface area contributed by atoms with Crippen LogP contribution in [0.3, 0.4) is 0 Å². The van der Waals surface area contributed by atoms with Gasteiger partial charge < -0.3 is 9.80 Å². The molecule has 11 rings (SSSR count). The van der Waals surface area contributed by atoms with E-state index in [9.17, 15) is 0 Å². The molecule has 2 aromatic heterocycles. The molecule has 0 N–H and O–H groups in total. The molecule has 66 heavy (non-hydrogen) atoms. The Balaban J connectivity index is 1.28. The van der Waals surface area contributed by atoms with Crippen molar-refractivity contribution in [1.29, 1.82) is 0 Å². The maximum absolute atomic E-state index is 2.66. The number of aryl methyl sites for hydroxylation is 3. The van der Waals surface area contributed by atoms with Crippen LogP contribution in [0, 0.1) is 20.8 Å². The molecule has 2 aliphatic heterocycles. The molecule has 0 amide bonds. The molecule has 0 spiro atoms. The van der Waals surface area contributed by atoms with Gasteiger partial charge in [0.25, 0.3) is 6.71 Å². The first-order valence-electron chi connectivity index (χ1n) is 23.6. The molecule has 328 valence electrons. The fraction of sp³-hybridized carbons (Fsp3) is 0.246. The summed E-state index contributed by atoms with van der Waals surface area (Å²) in [7, 11) is 0. The van der Waals surface area contributed by atoms with Gasteiger partial charge >= 0.3 is 0 Å². The van der Waals surface area contributed by atoms with E-state index >= 15 is 0 Å². The molecule has 2 aliphatic rings. The van der Waals surface area contributed by atoms with E-state index in [2.05, 4.69) is 232 Å². The third kappa shape index (κ3) is 6.71. The van der Waals surface area contributed by atoms with E-state index < -0.39 is 0 Å². The lowest BCUT2D eigenvalue weighted by Crippen LogP contribution is -2.61. The van der Waals surface area contributed by atoms with Crippen molar-refractivity contribution in [2.24, 2.45) is 0 Å². The first-order chi connectivity index (χ1) is 31.4. The highest BCUT2D eigenvalue weighted by atomic mass is 32.1. The second-order valence-corrected chi connectivity index (χ2v) is 24.0. The number of nitrogens with zero attached hydrogens (tertiary/aromatic N) is 2. The Morgan fingerprint density at radius 1 is 0.439 bits per heavy atom. The van der Waals surface area contributed by atoms with E-state index in [1.54, 1.807) is 0 Å². The maximum atomic E-state index is 2.66. The quantitative estimate of drug-likeness (QED) is 0.162. The van der Waals surface area contributed by atoms with E-state index in [4.69, 9.17) is 0 Å². The van der Waals surface area contributed by atoms with Gasteiger partial charge in [-0.05, 0) is 145 Å². The number of thiophene rings is 2. The fourth-order valence-electron chi connectivity index (χ4n) is 10.8. The maximum Gasteiger partial charge on any atom is 0.254 e. The molecule has 0 aliphatic carbocycles. The standard InChI is InChI=1S/C61H59BN2S2/c1-36-29-42(60(7,8)9)30-37(2)56(36)64-51-23-18-22-50-55(51)62(54-46-33-41(59(4,5)6)26-28-53(46)66-58(54)64)48-32-40(47-35-65-52-24-17-16-21-44(47)52)25-27-49(48)63(50)57-38(3)31-43(61(10,11)12)34-45(57)39-19-14-13-15-20-39/h13-35H,1-12H3. The molecule has 0 saturated heterocycles. The Morgan fingerprint density at radius 2 is 1.06 bits per heavy atom. The molecule has 9 aromatic rings. The summed E-state index contributed by atoms with van der Waals surface area (Å²) in [5.74, 6) is 0. The van der Waals surface area contributed by atoms with Crippen molar-refractivity contribution < 1.29 is 0 Å². The van der Waals surface area contributed by atoms with Crippen LogP contribution in [0.4, 0.5) is 33.4 Å². The zero-order chi connectivity index (χ0) is 46.2. The van der Waals surface area contributed by atoms with Crippen LogP contribution < -0.4 is 26.2 Å². The molecule has 7 aromatic carbocycles. The van der Waals surface area contributed by atoms with Crippen molar-refractivity contribution in [2.75, 3.05) is 9.80 Å². The smallest absolute Gasteiger partial charge is 0.254 e. The topological polar surface area (TPSA) is 6.48 Å². The van der Waals surface area contributed by atoms with Crippen molar-refractivity contribution in [3.63, 3.8) is 0 Å². The molecule has 0 fully saturated rings. The van der Waals surface area contributed by atoms with E-state index in [-0.39, 0.29) is 23.0 Å². The molecule has 0 saturated carbocycles. The Hall–Kier alpha value is -5.88. The van der Waals surface area contributed by atoms with Crippen LogP contribution in [0.1, 0.15) is 95.7 Å². The van der Waals surface area contributed by atoms with Crippen LogP contribution in [0.2, 0.25) is 0 Å². The van der Waals surface area contributed by atoms with Gasteiger partial charge in [0.2, 0.25) is 0 Å². The summed E-state index contributed by atoms with van der Waals surface area (Å²) in [6, 6.07) is 51.6. The van der Waals surface area contributed by atoms with Crippen LogP contribution in [-0.2, 0) is 16.2 Å². The molecule has 0 atom stereocenters. The minimum absolute atomic E-state index is 0.00454. The van der Waals surface area contributed by atoms with Gasteiger partial charge in [-0.15, -0.1) is 22.7 Å². The van der Waals surface area contributed by atoms with Gasteiger partial charge in [-0.25, -0.2) is 0 Å². The van der Waals surface area contributed by atoms with E-state index in [0.29, 0.717) is 0 Å². The minimum Gasteiger partial charge on any atom is -0.311 e. The summed E-state index contributed by atoms with van der Waals surface area (Å²) in [6.45, 7) is 28.0. The Kier molecular flexibility index (Phi) is 9.76. The van der Waals surface area contributed by atoms with Crippen LogP contribution in [0.15, 0.2) is 139 Å². The van der Waals surface area contributed by atoms with Crippen molar-refractivity contribution in [1.82, 2.24) is 0 Å². The van der Waals surface area contributed by atoms with Gasteiger partial charge in [-0.3, -0.25) is 0 Å². The minimum atomic E-state index is -0.0249. The van der Waals surface area contributed by atoms with E-state index in [1.165, 1.54) is 126 Å². The van der Waals surface area contributed by atoms with Crippen molar-refractivity contribution in [3.05, 3.63) is 172 Å². The SMILES string of the molecule is Cc1cc(C(C)(C)C)cc(C)c1N1c2cccc3c2B(c2cc(-c4csc5ccccc45)ccc2N3c2c(C)cc(C(C)(C)C)cc2-c2ccccc2)c2c1sc1ccc(C(C)(C)C)cc21. The Morgan fingerprint density at radius 3 is 1.74 bits per heavy atom. The number of rotatable bonds is 4. The highest BCUT2D eigenvalue weighted by Gasteiger charge is 2.46. The van der Waals surface area contributed by atoms with Crippen molar-refractivity contribution >= 4 is 99.4 Å². The van der Waals surface area contributed by atoms with E-state index in [0.717, 1.165) is 0 Å². The summed E-state index contributed by atoms with van der Waals surface area (Å²) < 4.78 is 2.65. The van der Waals surface area contributed by atoms with Gasteiger partial charge in [0, 0.05) is 43.0 Å². The van der Waals surface area contributed by atoms with Crippen molar-refractivity contribution in [2.45, 2.75) is 99.3 Å². The zero-order valence-corrected chi connectivity index (χ0v) is 42.2. The molecule has 4 heterocycles. The summed E-state index contributed by atoms with van der Waals surface area (Å²) in [4.78, 5) is 5.31. The average molecular weight is 895 g/mol. The summed E-state index contributed by atoms with van der Waals surface area (Å²) >= 11 is 3.80. The lowest BCUT2D eigenvalue weighted by atomic mass is 9.33. The van der Waals surface area contributed by atoms with Crippen LogP contribution in [-0.4, -0.2) is 6.71 Å². The predicted octanol–water partition coefficient (Wildman–Crippen LogP) is 16.4. The van der Waals surface area contributed by atoms with Crippen LogP contribution in [0.25, 0.3) is 42.4 Å². The van der Waals surface area contributed by atoms with Gasteiger partial charge in [-0.2, -0.15) is 0 Å². The van der Waals surface area contributed by atoms with Gasteiger partial charge in [-0.1, -0.05) is 159 Å². The molecule has 0 unspecified atom stereocenters. The third-order valence-electron chi connectivity index (χ3n) is 14.3. The zero-order valence-electron chi connectivity index (χ0n) is 40.6. The molecular weight excluding hydrogens is 836 g/mol. The lowest BCUT2D eigenvalue weighted by molar-refractivity contribution is 0.589. The highest BCUT2D eigenvalue weighted by Crippen LogP contribution is 2.52. The average Bonchev–Trinajstić information content (AvgIpc) is 3.88.